The average molecular weight is 318 g/mol. The Balaban J connectivity index is 2.16. The summed E-state index contributed by atoms with van der Waals surface area (Å²) in [4.78, 5) is 1.01. The quantitative estimate of drug-likeness (QED) is 0.864. The van der Waals surface area contributed by atoms with Crippen LogP contribution < -0.4 is 5.32 Å². The van der Waals surface area contributed by atoms with Crippen molar-refractivity contribution in [3.63, 3.8) is 0 Å². The standard InChI is InChI=1S/C12H10BrF2NS/c1-7-2-3-10(14)12(11(7)15)16-5-9-4-8(13)6-17-9/h2-4,6,16H,5H2,1H3. The van der Waals surface area contributed by atoms with E-state index in [9.17, 15) is 8.78 Å². The summed E-state index contributed by atoms with van der Waals surface area (Å²) < 4.78 is 28.1. The van der Waals surface area contributed by atoms with Crippen molar-refractivity contribution in [3.05, 3.63) is 50.1 Å². The van der Waals surface area contributed by atoms with Crippen molar-refractivity contribution < 1.29 is 8.78 Å². The third-order valence-corrected chi connectivity index (χ3v) is 4.04. The van der Waals surface area contributed by atoms with E-state index in [1.54, 1.807) is 6.92 Å². The van der Waals surface area contributed by atoms with Crippen LogP contribution in [0, 0.1) is 18.6 Å². The Labute approximate surface area is 111 Å². The highest BCUT2D eigenvalue weighted by atomic mass is 79.9. The van der Waals surface area contributed by atoms with Gasteiger partial charge >= 0.3 is 0 Å². The van der Waals surface area contributed by atoms with Gasteiger partial charge in [0.1, 0.15) is 11.5 Å². The first kappa shape index (κ1) is 12.5. The zero-order valence-corrected chi connectivity index (χ0v) is 11.5. The van der Waals surface area contributed by atoms with Crippen LogP contribution in [0.15, 0.2) is 28.1 Å². The van der Waals surface area contributed by atoms with Crippen molar-refractivity contribution in [3.8, 4) is 0 Å². The summed E-state index contributed by atoms with van der Waals surface area (Å²) in [6, 6.07) is 4.62. The highest BCUT2D eigenvalue weighted by Crippen LogP contribution is 2.24. The van der Waals surface area contributed by atoms with Gasteiger partial charge in [0.25, 0.3) is 0 Å². The van der Waals surface area contributed by atoms with Crippen LogP contribution in [0.25, 0.3) is 0 Å². The summed E-state index contributed by atoms with van der Waals surface area (Å²) in [6.07, 6.45) is 0. The van der Waals surface area contributed by atoms with E-state index in [0.717, 1.165) is 9.35 Å². The van der Waals surface area contributed by atoms with E-state index >= 15 is 0 Å². The molecule has 90 valence electrons. The van der Waals surface area contributed by atoms with Gasteiger partial charge in [-0.05, 0) is 40.5 Å². The topological polar surface area (TPSA) is 12.0 Å². The molecule has 17 heavy (non-hydrogen) atoms. The minimum atomic E-state index is -0.566. The highest BCUT2D eigenvalue weighted by Gasteiger charge is 2.11. The SMILES string of the molecule is Cc1ccc(F)c(NCc2cc(Br)cs2)c1F. The summed E-state index contributed by atoms with van der Waals surface area (Å²) in [5, 5.41) is 4.72. The number of hydrogen-bond donors (Lipinski definition) is 1. The first-order valence-corrected chi connectivity index (χ1v) is 6.66. The van der Waals surface area contributed by atoms with Gasteiger partial charge in [0.15, 0.2) is 5.82 Å². The lowest BCUT2D eigenvalue weighted by molar-refractivity contribution is 0.582. The van der Waals surface area contributed by atoms with E-state index < -0.39 is 11.6 Å². The van der Waals surface area contributed by atoms with Crippen molar-refractivity contribution in [2.75, 3.05) is 5.32 Å². The maximum absolute atomic E-state index is 13.7. The van der Waals surface area contributed by atoms with Gasteiger partial charge in [0.05, 0.1) is 0 Å². The third kappa shape index (κ3) is 2.84. The number of anilines is 1. The van der Waals surface area contributed by atoms with Gasteiger partial charge in [-0.1, -0.05) is 6.07 Å². The molecule has 1 N–H and O–H groups in total. The second-order valence-corrected chi connectivity index (χ2v) is 5.55. The number of nitrogens with one attached hydrogen (secondary N) is 1. The van der Waals surface area contributed by atoms with Crippen LogP contribution in [0.2, 0.25) is 0 Å². The lowest BCUT2D eigenvalue weighted by atomic mass is 10.2. The van der Waals surface area contributed by atoms with E-state index in [2.05, 4.69) is 21.2 Å². The number of hydrogen-bond acceptors (Lipinski definition) is 2. The molecule has 2 aromatic rings. The van der Waals surface area contributed by atoms with Crippen LogP contribution >= 0.6 is 27.3 Å². The molecule has 0 aliphatic carbocycles. The molecule has 0 saturated heterocycles. The second kappa shape index (κ2) is 5.14. The number of benzene rings is 1. The van der Waals surface area contributed by atoms with Crippen molar-refractivity contribution in [1.29, 1.82) is 0 Å². The third-order valence-electron chi connectivity index (χ3n) is 2.35. The van der Waals surface area contributed by atoms with Crippen LogP contribution in [0.5, 0.6) is 0 Å². The van der Waals surface area contributed by atoms with E-state index in [-0.39, 0.29) is 5.69 Å². The number of thiophene rings is 1. The first-order chi connectivity index (χ1) is 8.08. The molecule has 1 heterocycles. The molecule has 5 heteroatoms. The van der Waals surface area contributed by atoms with E-state index in [0.29, 0.717) is 12.1 Å². The Morgan fingerprint density at radius 1 is 1.35 bits per heavy atom. The first-order valence-electron chi connectivity index (χ1n) is 4.99. The molecule has 1 nitrogen and oxygen atoms in total. The summed E-state index contributed by atoms with van der Waals surface area (Å²) in [5.41, 5.74) is 0.371. The van der Waals surface area contributed by atoms with Crippen LogP contribution in [-0.2, 0) is 6.54 Å². The molecule has 0 atom stereocenters. The van der Waals surface area contributed by atoms with Gasteiger partial charge < -0.3 is 5.32 Å². The lowest BCUT2D eigenvalue weighted by Crippen LogP contribution is -2.03. The molecule has 0 spiro atoms. The molecule has 0 bridgehead atoms. The highest BCUT2D eigenvalue weighted by molar-refractivity contribution is 9.10. The summed E-state index contributed by atoms with van der Waals surface area (Å²) >= 11 is 4.86. The number of aryl methyl sites for hydroxylation is 1. The lowest BCUT2D eigenvalue weighted by Gasteiger charge is -2.09. The van der Waals surface area contributed by atoms with E-state index in [1.807, 2.05) is 11.4 Å². The molecular weight excluding hydrogens is 308 g/mol. The fraction of sp³-hybridized carbons (Fsp3) is 0.167. The van der Waals surface area contributed by atoms with Gasteiger partial charge in [0.2, 0.25) is 0 Å². The van der Waals surface area contributed by atoms with Crippen molar-refractivity contribution in [2.45, 2.75) is 13.5 Å². The predicted octanol–water partition coefficient (Wildman–Crippen LogP) is 4.71. The Hall–Kier alpha value is -0.940. The fourth-order valence-electron chi connectivity index (χ4n) is 1.44. The number of halogens is 3. The predicted molar refractivity (Wildman–Crippen MR) is 70.4 cm³/mol. The minimum Gasteiger partial charge on any atom is -0.375 e. The number of rotatable bonds is 3. The molecule has 0 fully saturated rings. The van der Waals surface area contributed by atoms with Crippen LogP contribution in [0.1, 0.15) is 10.4 Å². The molecule has 0 aliphatic rings. The molecule has 0 amide bonds. The maximum Gasteiger partial charge on any atom is 0.152 e. The Morgan fingerprint density at radius 3 is 2.76 bits per heavy atom. The summed E-state index contributed by atoms with van der Waals surface area (Å²) in [5.74, 6) is -1.09. The van der Waals surface area contributed by atoms with E-state index in [4.69, 9.17) is 0 Å². The maximum atomic E-state index is 13.7. The smallest absolute Gasteiger partial charge is 0.152 e. The Kier molecular flexibility index (Phi) is 3.79. The fourth-order valence-corrected chi connectivity index (χ4v) is 2.83. The average Bonchev–Trinajstić information content (AvgIpc) is 2.70. The summed E-state index contributed by atoms with van der Waals surface area (Å²) in [7, 11) is 0. The zero-order valence-electron chi connectivity index (χ0n) is 9.06. The Bertz CT molecular complexity index is 539. The van der Waals surface area contributed by atoms with Crippen LogP contribution in [0.3, 0.4) is 0 Å². The van der Waals surface area contributed by atoms with Gasteiger partial charge in [-0.15, -0.1) is 11.3 Å². The monoisotopic (exact) mass is 317 g/mol. The minimum absolute atomic E-state index is 0.0606. The van der Waals surface area contributed by atoms with Crippen LogP contribution in [0.4, 0.5) is 14.5 Å². The van der Waals surface area contributed by atoms with Gasteiger partial charge in [-0.25, -0.2) is 8.78 Å². The van der Waals surface area contributed by atoms with Crippen LogP contribution in [-0.4, -0.2) is 0 Å². The van der Waals surface area contributed by atoms with Gasteiger partial charge in [-0.2, -0.15) is 0 Å². The molecule has 0 saturated carbocycles. The molecule has 1 aromatic heterocycles. The summed E-state index contributed by atoms with van der Waals surface area (Å²) in [6.45, 7) is 2.02. The van der Waals surface area contributed by atoms with Crippen molar-refractivity contribution in [1.82, 2.24) is 0 Å². The van der Waals surface area contributed by atoms with Crippen molar-refractivity contribution in [2.24, 2.45) is 0 Å². The molecule has 0 unspecified atom stereocenters. The molecule has 0 radical (unpaired) electrons. The van der Waals surface area contributed by atoms with E-state index in [1.165, 1.54) is 23.5 Å². The molecule has 2 rings (SSSR count). The second-order valence-electron chi connectivity index (χ2n) is 3.64. The Morgan fingerprint density at radius 2 is 2.12 bits per heavy atom. The molecular formula is C12H10BrF2NS. The normalized spacial score (nSPS) is 10.6. The van der Waals surface area contributed by atoms with Gasteiger partial charge in [-0.3, -0.25) is 0 Å². The van der Waals surface area contributed by atoms with Crippen molar-refractivity contribution >= 4 is 33.0 Å². The molecule has 0 aliphatic heterocycles. The van der Waals surface area contributed by atoms with Gasteiger partial charge in [0, 0.05) is 21.3 Å². The largest absolute Gasteiger partial charge is 0.375 e. The molecule has 1 aromatic carbocycles. The zero-order chi connectivity index (χ0) is 12.4.